The summed E-state index contributed by atoms with van der Waals surface area (Å²) < 4.78 is 26.5. The smallest absolute Gasteiger partial charge is 0.127 e. The van der Waals surface area contributed by atoms with Crippen molar-refractivity contribution in [2.45, 2.75) is 39.3 Å². The average molecular weight is 295 g/mol. The van der Waals surface area contributed by atoms with Crippen LogP contribution in [0.4, 0.5) is 8.78 Å². The highest BCUT2D eigenvalue weighted by Gasteiger charge is 2.15. The monoisotopic (exact) mass is 295 g/mol. The summed E-state index contributed by atoms with van der Waals surface area (Å²) in [5.74, 6) is -0.783. The molecule has 1 N–H and O–H groups in total. The van der Waals surface area contributed by atoms with Gasteiger partial charge in [0.15, 0.2) is 0 Å². The van der Waals surface area contributed by atoms with E-state index in [4.69, 9.17) is 0 Å². The zero-order chi connectivity index (χ0) is 14.8. The van der Waals surface area contributed by atoms with Gasteiger partial charge in [-0.25, -0.2) is 8.78 Å². The molecular weight excluding hydrogens is 276 g/mol. The minimum atomic E-state index is -0.408. The number of hydrogen-bond acceptors (Lipinski definition) is 2. The lowest BCUT2D eigenvalue weighted by Gasteiger charge is -2.15. The van der Waals surface area contributed by atoms with Crippen molar-refractivity contribution in [2.75, 3.05) is 0 Å². The second-order valence-corrected chi connectivity index (χ2v) is 7.02. The molecule has 0 saturated heterocycles. The Hall–Kier alpha value is -1.26. The number of rotatable bonds is 4. The Morgan fingerprint density at radius 2 is 1.80 bits per heavy atom. The second kappa shape index (κ2) is 6.02. The van der Waals surface area contributed by atoms with Gasteiger partial charge in [-0.3, -0.25) is 0 Å². The summed E-state index contributed by atoms with van der Waals surface area (Å²) in [6.45, 7) is 7.53. The first-order valence-corrected chi connectivity index (χ1v) is 7.42. The van der Waals surface area contributed by atoms with E-state index in [0.717, 1.165) is 12.1 Å². The van der Waals surface area contributed by atoms with Gasteiger partial charge in [0, 0.05) is 28.4 Å². The van der Waals surface area contributed by atoms with Crippen molar-refractivity contribution in [3.63, 3.8) is 0 Å². The van der Waals surface area contributed by atoms with Crippen LogP contribution < -0.4 is 5.32 Å². The van der Waals surface area contributed by atoms with Gasteiger partial charge in [0.25, 0.3) is 0 Å². The molecule has 0 saturated carbocycles. The van der Waals surface area contributed by atoms with Gasteiger partial charge >= 0.3 is 0 Å². The molecular formula is C16H19F2NS. The number of nitrogens with one attached hydrogen (secondary N) is 1. The van der Waals surface area contributed by atoms with Crippen LogP contribution in [0.2, 0.25) is 0 Å². The Labute approximate surface area is 122 Å². The lowest BCUT2D eigenvalue weighted by atomic mass is 9.95. The molecule has 4 heteroatoms. The molecule has 2 aromatic rings. The van der Waals surface area contributed by atoms with Crippen molar-refractivity contribution in [1.82, 2.24) is 5.32 Å². The molecule has 0 atom stereocenters. The van der Waals surface area contributed by atoms with Crippen LogP contribution in [0.25, 0.3) is 0 Å². The third-order valence-corrected chi connectivity index (χ3v) is 4.53. The topological polar surface area (TPSA) is 12.0 Å². The third-order valence-electron chi connectivity index (χ3n) is 3.02. The van der Waals surface area contributed by atoms with Gasteiger partial charge < -0.3 is 5.32 Å². The van der Waals surface area contributed by atoms with E-state index in [-0.39, 0.29) is 11.2 Å². The maximum absolute atomic E-state index is 13.5. The van der Waals surface area contributed by atoms with Crippen molar-refractivity contribution in [3.05, 3.63) is 57.3 Å². The van der Waals surface area contributed by atoms with Crippen LogP contribution >= 0.6 is 11.3 Å². The van der Waals surface area contributed by atoms with Crippen molar-refractivity contribution in [3.8, 4) is 0 Å². The highest BCUT2D eigenvalue weighted by atomic mass is 32.1. The van der Waals surface area contributed by atoms with Crippen LogP contribution in [0, 0.1) is 11.6 Å². The maximum Gasteiger partial charge on any atom is 0.127 e. The Morgan fingerprint density at radius 1 is 1.05 bits per heavy atom. The normalized spacial score (nSPS) is 11.8. The highest BCUT2D eigenvalue weighted by Crippen LogP contribution is 2.29. The molecule has 0 radical (unpaired) electrons. The molecule has 1 nitrogen and oxygen atoms in total. The van der Waals surface area contributed by atoms with Gasteiger partial charge in [-0.05, 0) is 35.7 Å². The molecule has 0 aliphatic heterocycles. The Balaban J connectivity index is 1.93. The second-order valence-electron chi connectivity index (χ2n) is 5.86. The molecule has 0 amide bonds. The first kappa shape index (κ1) is 15.1. The summed E-state index contributed by atoms with van der Waals surface area (Å²) in [6.07, 6.45) is 0. The van der Waals surface area contributed by atoms with Crippen molar-refractivity contribution < 1.29 is 8.78 Å². The summed E-state index contributed by atoms with van der Waals surface area (Å²) in [7, 11) is 0. The third kappa shape index (κ3) is 3.87. The van der Waals surface area contributed by atoms with Gasteiger partial charge in [0.05, 0.1) is 0 Å². The molecule has 0 spiro atoms. The Morgan fingerprint density at radius 3 is 2.45 bits per heavy atom. The first-order valence-electron chi connectivity index (χ1n) is 6.60. The van der Waals surface area contributed by atoms with Crippen LogP contribution in [-0.2, 0) is 18.5 Å². The molecule has 2 rings (SSSR count). The molecule has 20 heavy (non-hydrogen) atoms. The largest absolute Gasteiger partial charge is 0.308 e. The molecule has 1 aromatic carbocycles. The predicted octanol–water partition coefficient (Wildman–Crippen LogP) is 4.61. The Kier molecular flexibility index (Phi) is 4.55. The fourth-order valence-corrected chi connectivity index (χ4v) is 2.91. The molecule has 0 aliphatic carbocycles. The lowest BCUT2D eigenvalue weighted by Crippen LogP contribution is -2.13. The van der Waals surface area contributed by atoms with Crippen LogP contribution in [0.5, 0.6) is 0 Å². The standard InChI is InChI=1S/C16H19F2NS/c1-16(2,3)15-7-5-13(20-15)10-19-9-11-8-12(17)4-6-14(11)18/h4-8,19H,9-10H2,1-3H3. The summed E-state index contributed by atoms with van der Waals surface area (Å²) >= 11 is 1.75. The Bertz CT molecular complexity index is 584. The lowest BCUT2D eigenvalue weighted by molar-refractivity contribution is 0.569. The van der Waals surface area contributed by atoms with Crippen molar-refractivity contribution in [1.29, 1.82) is 0 Å². The molecule has 1 heterocycles. The molecule has 0 fully saturated rings. The van der Waals surface area contributed by atoms with E-state index in [0.29, 0.717) is 18.7 Å². The highest BCUT2D eigenvalue weighted by molar-refractivity contribution is 7.12. The van der Waals surface area contributed by atoms with Gasteiger partial charge in [0.1, 0.15) is 11.6 Å². The summed E-state index contributed by atoms with van der Waals surface area (Å²) in [5.41, 5.74) is 0.509. The molecule has 0 bridgehead atoms. The SMILES string of the molecule is CC(C)(C)c1ccc(CNCc2cc(F)ccc2F)s1. The van der Waals surface area contributed by atoms with Crippen molar-refractivity contribution in [2.24, 2.45) is 0 Å². The quantitative estimate of drug-likeness (QED) is 0.868. The first-order chi connectivity index (χ1) is 9.36. The number of thiophene rings is 1. The van der Waals surface area contributed by atoms with Crippen molar-refractivity contribution >= 4 is 11.3 Å². The van der Waals surface area contributed by atoms with Crippen LogP contribution in [0.15, 0.2) is 30.3 Å². The van der Waals surface area contributed by atoms with E-state index in [1.807, 2.05) is 0 Å². The van der Waals surface area contributed by atoms with Gasteiger partial charge in [-0.1, -0.05) is 20.8 Å². The zero-order valence-corrected chi connectivity index (χ0v) is 12.8. The molecule has 1 aromatic heterocycles. The number of halogens is 2. The fraction of sp³-hybridized carbons (Fsp3) is 0.375. The van der Waals surface area contributed by atoms with Crippen LogP contribution in [-0.4, -0.2) is 0 Å². The van der Waals surface area contributed by atoms with Gasteiger partial charge in [0.2, 0.25) is 0 Å². The van der Waals surface area contributed by atoms with E-state index < -0.39 is 5.82 Å². The van der Waals surface area contributed by atoms with Crippen LogP contribution in [0.1, 0.15) is 36.1 Å². The zero-order valence-electron chi connectivity index (χ0n) is 12.0. The predicted molar refractivity (Wildman–Crippen MR) is 79.9 cm³/mol. The van der Waals surface area contributed by atoms with E-state index in [1.54, 1.807) is 11.3 Å². The van der Waals surface area contributed by atoms with E-state index in [2.05, 4.69) is 38.2 Å². The van der Waals surface area contributed by atoms with E-state index >= 15 is 0 Å². The minimum Gasteiger partial charge on any atom is -0.308 e. The average Bonchev–Trinajstić information content (AvgIpc) is 2.82. The van der Waals surface area contributed by atoms with Gasteiger partial charge in [-0.15, -0.1) is 11.3 Å². The number of benzene rings is 1. The molecule has 0 aliphatic rings. The minimum absolute atomic E-state index is 0.150. The van der Waals surface area contributed by atoms with Gasteiger partial charge in [-0.2, -0.15) is 0 Å². The summed E-state index contributed by atoms with van der Waals surface area (Å²) in [4.78, 5) is 2.53. The van der Waals surface area contributed by atoms with E-state index in [1.165, 1.54) is 15.8 Å². The summed E-state index contributed by atoms with van der Waals surface area (Å²) in [5, 5.41) is 3.15. The summed E-state index contributed by atoms with van der Waals surface area (Å²) in [6, 6.07) is 7.74. The fourth-order valence-electron chi connectivity index (χ4n) is 1.88. The number of hydrogen-bond donors (Lipinski definition) is 1. The van der Waals surface area contributed by atoms with E-state index in [9.17, 15) is 8.78 Å². The molecule has 0 unspecified atom stereocenters. The maximum atomic E-state index is 13.5. The molecule has 108 valence electrons. The van der Waals surface area contributed by atoms with Crippen LogP contribution in [0.3, 0.4) is 0 Å².